The molecule has 0 saturated heterocycles. The molecular formula is C14H8Cl4N2O. The van der Waals surface area contributed by atoms with Gasteiger partial charge >= 0.3 is 0 Å². The molecule has 0 aromatic heterocycles. The molecule has 2 aromatic carbocycles. The van der Waals surface area contributed by atoms with Crippen LogP contribution in [0.15, 0.2) is 41.5 Å². The van der Waals surface area contributed by atoms with Crippen molar-refractivity contribution in [3.05, 3.63) is 67.6 Å². The molecule has 7 heteroatoms. The predicted molar refractivity (Wildman–Crippen MR) is 88.0 cm³/mol. The van der Waals surface area contributed by atoms with Crippen LogP contribution in [-0.4, -0.2) is 12.1 Å². The topological polar surface area (TPSA) is 41.5 Å². The molecule has 1 amide bonds. The average Bonchev–Trinajstić information content (AvgIpc) is 2.44. The van der Waals surface area contributed by atoms with Gasteiger partial charge in [0, 0.05) is 16.1 Å². The highest BCUT2D eigenvalue weighted by atomic mass is 35.5. The number of benzene rings is 2. The smallest absolute Gasteiger partial charge is 0.267 e. The zero-order valence-corrected chi connectivity index (χ0v) is 13.4. The lowest BCUT2D eigenvalue weighted by molar-refractivity contribution is 0.0955. The molecule has 1 N–H and O–H groups in total. The van der Waals surface area contributed by atoms with Crippen LogP contribution >= 0.6 is 46.4 Å². The van der Waals surface area contributed by atoms with Crippen molar-refractivity contribution in [2.75, 3.05) is 0 Å². The molecule has 0 aliphatic rings. The first-order valence-electron chi connectivity index (χ1n) is 5.71. The summed E-state index contributed by atoms with van der Waals surface area (Å²) in [4.78, 5) is 11.9. The molecule has 2 aromatic rings. The van der Waals surface area contributed by atoms with E-state index in [0.29, 0.717) is 31.2 Å². The highest BCUT2D eigenvalue weighted by Gasteiger charge is 2.07. The van der Waals surface area contributed by atoms with Crippen LogP contribution in [0, 0.1) is 0 Å². The number of hydrogen-bond acceptors (Lipinski definition) is 2. The Labute approximate surface area is 141 Å². The molecule has 0 fully saturated rings. The van der Waals surface area contributed by atoms with Crippen LogP contribution in [0.2, 0.25) is 20.1 Å². The van der Waals surface area contributed by atoms with Crippen LogP contribution in [0.3, 0.4) is 0 Å². The molecule has 0 aliphatic heterocycles. The number of carbonyl (C=O) groups excluding carboxylic acids is 1. The van der Waals surface area contributed by atoms with Gasteiger partial charge in [-0.3, -0.25) is 4.79 Å². The first-order chi connectivity index (χ1) is 9.97. The van der Waals surface area contributed by atoms with Gasteiger partial charge in [0.25, 0.3) is 5.91 Å². The Morgan fingerprint density at radius 3 is 2.38 bits per heavy atom. The SMILES string of the molecule is O=C(NN=Cc1ccc(Cl)cc1Cl)c1ccc(Cl)c(Cl)c1. The third kappa shape index (κ3) is 4.35. The maximum absolute atomic E-state index is 11.9. The Morgan fingerprint density at radius 2 is 1.71 bits per heavy atom. The van der Waals surface area contributed by atoms with Crippen molar-refractivity contribution in [3.8, 4) is 0 Å². The van der Waals surface area contributed by atoms with E-state index in [1.807, 2.05) is 0 Å². The predicted octanol–water partition coefficient (Wildman–Crippen LogP) is 5.06. The fourth-order valence-electron chi connectivity index (χ4n) is 1.47. The second kappa shape index (κ2) is 7.14. The molecule has 0 aliphatic carbocycles. The van der Waals surface area contributed by atoms with Crippen molar-refractivity contribution in [1.29, 1.82) is 0 Å². The molecule has 0 saturated carbocycles. The minimum Gasteiger partial charge on any atom is -0.267 e. The van der Waals surface area contributed by atoms with Gasteiger partial charge in [-0.2, -0.15) is 5.10 Å². The summed E-state index contributed by atoms with van der Waals surface area (Å²) in [6, 6.07) is 9.51. The lowest BCUT2D eigenvalue weighted by atomic mass is 10.2. The van der Waals surface area contributed by atoms with E-state index in [9.17, 15) is 4.79 Å². The number of nitrogens with zero attached hydrogens (tertiary/aromatic N) is 1. The van der Waals surface area contributed by atoms with E-state index in [1.165, 1.54) is 12.3 Å². The van der Waals surface area contributed by atoms with Gasteiger partial charge < -0.3 is 0 Å². The van der Waals surface area contributed by atoms with Crippen LogP contribution < -0.4 is 5.43 Å². The Morgan fingerprint density at radius 1 is 0.952 bits per heavy atom. The standard InChI is InChI=1S/C14H8Cl4N2O/c15-10-3-1-9(12(17)6-10)7-19-20-14(21)8-2-4-11(16)13(18)5-8/h1-7H,(H,20,21). The largest absolute Gasteiger partial charge is 0.271 e. The number of halogens is 4. The maximum atomic E-state index is 11.9. The molecule has 0 atom stereocenters. The van der Waals surface area contributed by atoms with Gasteiger partial charge in [-0.25, -0.2) is 5.43 Å². The Bertz CT molecular complexity index is 716. The number of rotatable bonds is 3. The van der Waals surface area contributed by atoms with E-state index in [4.69, 9.17) is 46.4 Å². The minimum atomic E-state index is -0.407. The summed E-state index contributed by atoms with van der Waals surface area (Å²) in [7, 11) is 0. The second-order valence-corrected chi connectivity index (χ2v) is 5.65. The van der Waals surface area contributed by atoms with Crippen LogP contribution in [0.1, 0.15) is 15.9 Å². The zero-order valence-electron chi connectivity index (χ0n) is 10.4. The lowest BCUT2D eigenvalue weighted by Crippen LogP contribution is -2.17. The number of nitrogens with one attached hydrogen (secondary N) is 1. The summed E-state index contributed by atoms with van der Waals surface area (Å²) in [5.41, 5.74) is 3.36. The second-order valence-electron chi connectivity index (χ2n) is 3.99. The summed E-state index contributed by atoms with van der Waals surface area (Å²) in [6.07, 6.45) is 1.42. The van der Waals surface area contributed by atoms with Crippen molar-refractivity contribution < 1.29 is 4.79 Å². The number of hydrazone groups is 1. The van der Waals surface area contributed by atoms with Crippen molar-refractivity contribution in [2.45, 2.75) is 0 Å². The van der Waals surface area contributed by atoms with Crippen molar-refractivity contribution in [3.63, 3.8) is 0 Å². The highest BCUT2D eigenvalue weighted by molar-refractivity contribution is 6.42. The van der Waals surface area contributed by atoms with Gasteiger partial charge in [0.1, 0.15) is 0 Å². The molecule has 3 nitrogen and oxygen atoms in total. The van der Waals surface area contributed by atoms with Gasteiger partial charge in [-0.1, -0.05) is 52.5 Å². The van der Waals surface area contributed by atoms with Crippen LogP contribution in [0.25, 0.3) is 0 Å². The Hall–Kier alpha value is -1.26. The molecule has 0 spiro atoms. The molecular weight excluding hydrogens is 354 g/mol. The van der Waals surface area contributed by atoms with E-state index in [-0.39, 0.29) is 0 Å². The number of carbonyl (C=O) groups is 1. The van der Waals surface area contributed by atoms with E-state index < -0.39 is 5.91 Å². The van der Waals surface area contributed by atoms with E-state index >= 15 is 0 Å². The first kappa shape index (κ1) is 16.1. The Balaban J connectivity index is 2.06. The fourth-order valence-corrected chi connectivity index (χ4v) is 2.22. The van der Waals surface area contributed by atoms with E-state index in [1.54, 1.807) is 30.3 Å². The summed E-state index contributed by atoms with van der Waals surface area (Å²) in [5, 5.41) is 5.48. The molecule has 108 valence electrons. The lowest BCUT2D eigenvalue weighted by Gasteiger charge is -2.02. The van der Waals surface area contributed by atoms with Gasteiger partial charge in [-0.05, 0) is 30.3 Å². The quantitative estimate of drug-likeness (QED) is 0.602. The van der Waals surface area contributed by atoms with Crippen molar-refractivity contribution in [1.82, 2.24) is 5.43 Å². The molecule has 0 heterocycles. The van der Waals surface area contributed by atoms with Crippen molar-refractivity contribution in [2.24, 2.45) is 5.10 Å². The first-order valence-corrected chi connectivity index (χ1v) is 7.22. The molecule has 0 unspecified atom stereocenters. The van der Waals surface area contributed by atoms with Gasteiger partial charge in [0.05, 0.1) is 21.3 Å². The monoisotopic (exact) mass is 360 g/mol. The number of hydrogen-bond donors (Lipinski definition) is 1. The minimum absolute atomic E-state index is 0.300. The van der Waals surface area contributed by atoms with Gasteiger partial charge in [0.2, 0.25) is 0 Å². The van der Waals surface area contributed by atoms with Crippen LogP contribution in [0.4, 0.5) is 0 Å². The summed E-state index contributed by atoms with van der Waals surface area (Å²) in [6.45, 7) is 0. The van der Waals surface area contributed by atoms with Crippen molar-refractivity contribution >= 4 is 58.5 Å². The highest BCUT2D eigenvalue weighted by Crippen LogP contribution is 2.22. The zero-order chi connectivity index (χ0) is 15.4. The molecule has 21 heavy (non-hydrogen) atoms. The summed E-state index contributed by atoms with van der Waals surface area (Å²) < 4.78 is 0. The molecule has 0 bridgehead atoms. The maximum Gasteiger partial charge on any atom is 0.271 e. The third-order valence-corrected chi connectivity index (χ3v) is 3.82. The summed E-state index contributed by atoms with van der Waals surface area (Å²) >= 11 is 23.4. The van der Waals surface area contributed by atoms with Gasteiger partial charge in [-0.15, -0.1) is 0 Å². The Kier molecular flexibility index (Phi) is 5.48. The van der Waals surface area contributed by atoms with Crippen LogP contribution in [-0.2, 0) is 0 Å². The molecule has 0 radical (unpaired) electrons. The number of amides is 1. The summed E-state index contributed by atoms with van der Waals surface area (Å²) in [5.74, 6) is -0.407. The average molecular weight is 362 g/mol. The van der Waals surface area contributed by atoms with Crippen LogP contribution in [0.5, 0.6) is 0 Å². The van der Waals surface area contributed by atoms with E-state index in [0.717, 1.165) is 0 Å². The van der Waals surface area contributed by atoms with Gasteiger partial charge in [0.15, 0.2) is 0 Å². The molecule has 2 rings (SSSR count). The van der Waals surface area contributed by atoms with E-state index in [2.05, 4.69) is 10.5 Å². The normalized spacial score (nSPS) is 10.9. The third-order valence-electron chi connectivity index (χ3n) is 2.51. The fraction of sp³-hybridized carbons (Fsp3) is 0.